The Labute approximate surface area is 96.5 Å². The van der Waals surface area contributed by atoms with E-state index in [4.69, 9.17) is 5.11 Å². The molecule has 2 aromatic rings. The second-order valence-electron chi connectivity index (χ2n) is 3.29. The number of aryl methyl sites for hydroxylation is 1. The summed E-state index contributed by atoms with van der Waals surface area (Å²) in [6.45, 7) is 0. The van der Waals surface area contributed by atoms with Crippen molar-refractivity contribution >= 4 is 29.0 Å². The van der Waals surface area contributed by atoms with Gasteiger partial charge in [0.15, 0.2) is 0 Å². The maximum absolute atomic E-state index is 11.1. The zero-order valence-electron chi connectivity index (χ0n) is 8.62. The average Bonchev–Trinajstić information content (AvgIpc) is 2.84. The molecule has 2 aromatic heterocycles. The smallest absolute Gasteiger partial charge is 0.337 e. The van der Waals surface area contributed by atoms with Crippen molar-refractivity contribution in [1.82, 2.24) is 9.78 Å². The van der Waals surface area contributed by atoms with Crippen molar-refractivity contribution in [2.45, 2.75) is 0 Å². The number of carbonyl (C=O) groups is 1. The number of hydrogen-bond acceptors (Lipinski definition) is 3. The van der Waals surface area contributed by atoms with Crippen LogP contribution in [0.3, 0.4) is 0 Å². The summed E-state index contributed by atoms with van der Waals surface area (Å²) in [7, 11) is 1.79. The van der Waals surface area contributed by atoms with Crippen LogP contribution in [0.25, 0.3) is 11.6 Å². The van der Waals surface area contributed by atoms with Gasteiger partial charge in [0.25, 0.3) is 0 Å². The number of hydrogen-bond donors (Lipinski definition) is 1. The third kappa shape index (κ3) is 2.20. The number of thiophene rings is 1. The van der Waals surface area contributed by atoms with Gasteiger partial charge in [0.1, 0.15) is 0 Å². The van der Waals surface area contributed by atoms with Gasteiger partial charge in [-0.3, -0.25) is 4.68 Å². The summed E-state index contributed by atoms with van der Waals surface area (Å²) in [5, 5.41) is 15.0. The van der Waals surface area contributed by atoms with E-state index in [0.717, 1.165) is 10.4 Å². The Bertz CT molecular complexity index is 526. The summed E-state index contributed by atoms with van der Waals surface area (Å²) in [6.07, 6.45) is 5.04. The molecule has 0 saturated carbocycles. The van der Waals surface area contributed by atoms with Gasteiger partial charge in [-0.05, 0) is 17.5 Å². The third-order valence-corrected chi connectivity index (χ3v) is 2.96. The molecule has 82 valence electrons. The van der Waals surface area contributed by atoms with Crippen LogP contribution in [-0.2, 0) is 11.8 Å². The molecular formula is C11H10N2O2S. The second kappa shape index (κ2) is 4.32. The Hall–Kier alpha value is -1.88. The number of aliphatic carboxylic acids is 1. The Morgan fingerprint density at radius 3 is 2.94 bits per heavy atom. The lowest BCUT2D eigenvalue weighted by Gasteiger charge is -1.97. The van der Waals surface area contributed by atoms with E-state index in [-0.39, 0.29) is 0 Å². The number of nitrogens with zero attached hydrogens (tertiary/aromatic N) is 2. The lowest BCUT2D eigenvalue weighted by Crippen LogP contribution is -1.97. The second-order valence-corrected chi connectivity index (χ2v) is 4.24. The van der Waals surface area contributed by atoms with Gasteiger partial charge in [0.2, 0.25) is 0 Å². The molecule has 0 radical (unpaired) electrons. The van der Waals surface area contributed by atoms with E-state index in [1.165, 1.54) is 11.3 Å². The number of rotatable bonds is 3. The van der Waals surface area contributed by atoms with Gasteiger partial charge in [-0.15, -0.1) is 11.3 Å². The summed E-state index contributed by atoms with van der Waals surface area (Å²) in [5.41, 5.74) is 1.08. The standard InChI is InChI=1S/C11H10N2O2S/c1-13-7-8(6-12-13)5-9(11(14)15)10-3-2-4-16-10/h2-7H,1H3,(H,14,15)/b9-5-. The first-order valence-electron chi connectivity index (χ1n) is 4.64. The van der Waals surface area contributed by atoms with Gasteiger partial charge in [-0.2, -0.15) is 5.10 Å². The molecule has 0 unspecified atom stereocenters. The Morgan fingerprint density at radius 1 is 1.62 bits per heavy atom. The maximum Gasteiger partial charge on any atom is 0.337 e. The summed E-state index contributed by atoms with van der Waals surface area (Å²) in [5.74, 6) is -0.925. The molecule has 2 rings (SSSR count). The predicted molar refractivity (Wildman–Crippen MR) is 63.0 cm³/mol. The fourth-order valence-electron chi connectivity index (χ4n) is 1.35. The van der Waals surface area contributed by atoms with Crippen molar-refractivity contribution in [3.05, 3.63) is 40.3 Å². The molecule has 0 atom stereocenters. The number of carboxylic acid groups (broad SMARTS) is 1. The van der Waals surface area contributed by atoms with Crippen molar-refractivity contribution in [3.63, 3.8) is 0 Å². The summed E-state index contributed by atoms with van der Waals surface area (Å²) in [4.78, 5) is 11.9. The topological polar surface area (TPSA) is 55.1 Å². The van der Waals surface area contributed by atoms with Gasteiger partial charge < -0.3 is 5.11 Å². The van der Waals surface area contributed by atoms with E-state index in [1.54, 1.807) is 36.3 Å². The highest BCUT2D eigenvalue weighted by atomic mass is 32.1. The van der Waals surface area contributed by atoms with Crippen LogP contribution >= 0.6 is 11.3 Å². The van der Waals surface area contributed by atoms with Crippen molar-refractivity contribution in [3.8, 4) is 0 Å². The molecule has 0 amide bonds. The molecule has 0 saturated heterocycles. The molecule has 4 nitrogen and oxygen atoms in total. The fourth-order valence-corrected chi connectivity index (χ4v) is 2.09. The number of aromatic nitrogens is 2. The molecule has 0 bridgehead atoms. The van der Waals surface area contributed by atoms with Crippen LogP contribution in [0.1, 0.15) is 10.4 Å². The highest BCUT2D eigenvalue weighted by Crippen LogP contribution is 2.22. The van der Waals surface area contributed by atoms with Crippen molar-refractivity contribution in [1.29, 1.82) is 0 Å². The van der Waals surface area contributed by atoms with E-state index in [9.17, 15) is 4.79 Å². The first-order chi connectivity index (χ1) is 7.66. The Balaban J connectivity index is 2.41. The zero-order valence-corrected chi connectivity index (χ0v) is 9.44. The molecule has 0 aliphatic heterocycles. The molecule has 5 heteroatoms. The molecule has 1 N–H and O–H groups in total. The van der Waals surface area contributed by atoms with Crippen LogP contribution in [0.2, 0.25) is 0 Å². The summed E-state index contributed by atoms with van der Waals surface area (Å²) < 4.78 is 1.64. The summed E-state index contributed by atoms with van der Waals surface area (Å²) >= 11 is 1.41. The minimum absolute atomic E-state index is 0.294. The predicted octanol–water partition coefficient (Wildman–Crippen LogP) is 2.11. The van der Waals surface area contributed by atoms with Crippen LogP contribution in [0.4, 0.5) is 0 Å². The van der Waals surface area contributed by atoms with Crippen LogP contribution in [-0.4, -0.2) is 20.9 Å². The molecular weight excluding hydrogens is 224 g/mol. The zero-order chi connectivity index (χ0) is 11.5. The normalized spacial score (nSPS) is 11.7. The minimum atomic E-state index is -0.925. The first kappa shape index (κ1) is 10.6. The Morgan fingerprint density at radius 2 is 2.44 bits per heavy atom. The molecule has 16 heavy (non-hydrogen) atoms. The molecule has 2 heterocycles. The van der Waals surface area contributed by atoms with Gasteiger partial charge in [0, 0.05) is 23.7 Å². The number of carboxylic acids is 1. The first-order valence-corrected chi connectivity index (χ1v) is 5.52. The van der Waals surface area contributed by atoms with E-state index in [0.29, 0.717) is 5.57 Å². The summed E-state index contributed by atoms with van der Waals surface area (Å²) in [6, 6.07) is 3.63. The largest absolute Gasteiger partial charge is 0.478 e. The van der Waals surface area contributed by atoms with Crippen molar-refractivity contribution in [2.75, 3.05) is 0 Å². The van der Waals surface area contributed by atoms with Gasteiger partial charge >= 0.3 is 5.97 Å². The van der Waals surface area contributed by atoms with Crippen LogP contribution in [0.15, 0.2) is 29.9 Å². The van der Waals surface area contributed by atoms with E-state index in [1.807, 2.05) is 11.4 Å². The van der Waals surface area contributed by atoms with Crippen LogP contribution in [0.5, 0.6) is 0 Å². The minimum Gasteiger partial charge on any atom is -0.478 e. The van der Waals surface area contributed by atoms with Crippen molar-refractivity contribution < 1.29 is 9.90 Å². The SMILES string of the molecule is Cn1cc(/C=C(\C(=O)O)c2cccs2)cn1. The quantitative estimate of drug-likeness (QED) is 0.827. The highest BCUT2D eigenvalue weighted by molar-refractivity contribution is 7.11. The monoisotopic (exact) mass is 234 g/mol. The van der Waals surface area contributed by atoms with E-state index in [2.05, 4.69) is 5.10 Å². The molecule has 0 spiro atoms. The van der Waals surface area contributed by atoms with Gasteiger partial charge in [-0.25, -0.2) is 4.79 Å². The van der Waals surface area contributed by atoms with Crippen LogP contribution < -0.4 is 0 Å². The average molecular weight is 234 g/mol. The molecule has 0 aromatic carbocycles. The highest BCUT2D eigenvalue weighted by Gasteiger charge is 2.11. The lowest BCUT2D eigenvalue weighted by atomic mass is 10.1. The van der Waals surface area contributed by atoms with Gasteiger partial charge in [0.05, 0.1) is 11.8 Å². The lowest BCUT2D eigenvalue weighted by molar-refractivity contribution is -0.130. The van der Waals surface area contributed by atoms with Gasteiger partial charge in [-0.1, -0.05) is 6.07 Å². The van der Waals surface area contributed by atoms with Crippen molar-refractivity contribution in [2.24, 2.45) is 7.05 Å². The molecule has 0 aliphatic carbocycles. The maximum atomic E-state index is 11.1. The molecule has 0 fully saturated rings. The van der Waals surface area contributed by atoms with E-state index < -0.39 is 5.97 Å². The Kier molecular flexibility index (Phi) is 2.87. The third-order valence-electron chi connectivity index (χ3n) is 2.05. The fraction of sp³-hybridized carbons (Fsp3) is 0.0909. The molecule has 0 aliphatic rings. The van der Waals surface area contributed by atoms with E-state index >= 15 is 0 Å². The van der Waals surface area contributed by atoms with Crippen LogP contribution in [0, 0.1) is 0 Å².